The maximum atomic E-state index is 8.85. The van der Waals surface area contributed by atoms with E-state index in [1.54, 1.807) is 7.11 Å². The number of aliphatic hydroxyl groups is 1. The molecule has 112 valence electrons. The van der Waals surface area contributed by atoms with Gasteiger partial charge in [-0.2, -0.15) is 0 Å². The van der Waals surface area contributed by atoms with Crippen molar-refractivity contribution in [1.82, 2.24) is 0 Å². The number of ether oxygens (including phenoxy) is 2. The number of aliphatic hydroxyl groups excluding tert-OH is 1. The van der Waals surface area contributed by atoms with Crippen molar-refractivity contribution in [3.05, 3.63) is 54.1 Å². The van der Waals surface area contributed by atoms with Gasteiger partial charge in [0.1, 0.15) is 6.61 Å². The molecule has 0 unspecified atom stereocenters. The molecule has 2 rings (SSSR count). The molecule has 0 aliphatic heterocycles. The number of methoxy groups -OCH3 is 1. The molecule has 0 amide bonds. The Morgan fingerprint density at radius 3 is 2.57 bits per heavy atom. The fraction of sp³-hybridized carbons (Fsp3) is 0.294. The summed E-state index contributed by atoms with van der Waals surface area (Å²) in [6.07, 6.45) is 0.958. The SMILES string of the molecule is COc1ccc(NCCc2ccccc2)cc1OCCO. The second kappa shape index (κ2) is 8.17. The quantitative estimate of drug-likeness (QED) is 0.784. The molecule has 0 fully saturated rings. The zero-order valence-corrected chi connectivity index (χ0v) is 12.2. The molecule has 0 aliphatic carbocycles. The van der Waals surface area contributed by atoms with Gasteiger partial charge in [0.05, 0.1) is 13.7 Å². The summed E-state index contributed by atoms with van der Waals surface area (Å²) in [5.74, 6) is 1.30. The van der Waals surface area contributed by atoms with Gasteiger partial charge in [-0.1, -0.05) is 30.3 Å². The summed E-state index contributed by atoms with van der Waals surface area (Å²) in [6, 6.07) is 16.0. The van der Waals surface area contributed by atoms with Gasteiger partial charge >= 0.3 is 0 Å². The Bertz CT molecular complexity index is 543. The topological polar surface area (TPSA) is 50.7 Å². The Morgan fingerprint density at radius 1 is 1.05 bits per heavy atom. The Morgan fingerprint density at radius 2 is 1.86 bits per heavy atom. The minimum atomic E-state index is -0.0190. The lowest BCUT2D eigenvalue weighted by atomic mass is 10.1. The van der Waals surface area contributed by atoms with Gasteiger partial charge in [0, 0.05) is 18.3 Å². The fourth-order valence-electron chi connectivity index (χ4n) is 2.05. The molecule has 4 nitrogen and oxygen atoms in total. The number of anilines is 1. The molecule has 0 bridgehead atoms. The Kier molecular flexibility index (Phi) is 5.91. The molecule has 0 spiro atoms. The number of rotatable bonds is 8. The summed E-state index contributed by atoms with van der Waals surface area (Å²) in [7, 11) is 1.60. The highest BCUT2D eigenvalue weighted by Crippen LogP contribution is 2.30. The smallest absolute Gasteiger partial charge is 0.163 e. The van der Waals surface area contributed by atoms with E-state index in [1.807, 2.05) is 36.4 Å². The summed E-state index contributed by atoms with van der Waals surface area (Å²) >= 11 is 0. The first kappa shape index (κ1) is 15.2. The number of nitrogens with one attached hydrogen (secondary N) is 1. The van der Waals surface area contributed by atoms with Crippen LogP contribution in [-0.2, 0) is 6.42 Å². The Hall–Kier alpha value is -2.20. The van der Waals surface area contributed by atoms with Crippen LogP contribution < -0.4 is 14.8 Å². The van der Waals surface area contributed by atoms with E-state index in [0.717, 1.165) is 18.7 Å². The van der Waals surface area contributed by atoms with Crippen molar-refractivity contribution in [3.63, 3.8) is 0 Å². The maximum absolute atomic E-state index is 8.85. The highest BCUT2D eigenvalue weighted by molar-refractivity contribution is 5.54. The standard InChI is InChI=1S/C17H21NO3/c1-20-16-8-7-15(13-17(16)21-12-11-19)18-10-9-14-5-3-2-4-6-14/h2-8,13,18-19H,9-12H2,1H3. The highest BCUT2D eigenvalue weighted by Gasteiger charge is 2.05. The van der Waals surface area contributed by atoms with Crippen molar-refractivity contribution in [3.8, 4) is 11.5 Å². The van der Waals surface area contributed by atoms with Crippen LogP contribution in [0.1, 0.15) is 5.56 Å². The molecule has 0 saturated heterocycles. The van der Waals surface area contributed by atoms with E-state index in [-0.39, 0.29) is 13.2 Å². The lowest BCUT2D eigenvalue weighted by Gasteiger charge is -2.13. The van der Waals surface area contributed by atoms with Crippen molar-refractivity contribution < 1.29 is 14.6 Å². The summed E-state index contributed by atoms with van der Waals surface area (Å²) in [6.45, 7) is 1.08. The van der Waals surface area contributed by atoms with Crippen molar-refractivity contribution in [2.45, 2.75) is 6.42 Å². The van der Waals surface area contributed by atoms with E-state index in [9.17, 15) is 0 Å². The Balaban J connectivity index is 1.93. The second-order valence-electron chi connectivity index (χ2n) is 4.60. The zero-order valence-electron chi connectivity index (χ0n) is 12.2. The van der Waals surface area contributed by atoms with E-state index in [4.69, 9.17) is 14.6 Å². The monoisotopic (exact) mass is 287 g/mol. The van der Waals surface area contributed by atoms with Gasteiger partial charge < -0.3 is 19.9 Å². The van der Waals surface area contributed by atoms with E-state index in [1.165, 1.54) is 5.56 Å². The predicted octanol–water partition coefficient (Wildman–Crippen LogP) is 2.72. The summed E-state index contributed by atoms with van der Waals surface area (Å²) < 4.78 is 10.7. The van der Waals surface area contributed by atoms with E-state index < -0.39 is 0 Å². The van der Waals surface area contributed by atoms with E-state index >= 15 is 0 Å². The maximum Gasteiger partial charge on any atom is 0.163 e. The van der Waals surface area contributed by atoms with Gasteiger partial charge in [0.15, 0.2) is 11.5 Å². The fourth-order valence-corrected chi connectivity index (χ4v) is 2.05. The first-order valence-electron chi connectivity index (χ1n) is 7.03. The Labute approximate surface area is 125 Å². The van der Waals surface area contributed by atoms with Gasteiger partial charge in [-0.3, -0.25) is 0 Å². The number of benzene rings is 2. The molecule has 0 radical (unpaired) electrons. The lowest BCUT2D eigenvalue weighted by Crippen LogP contribution is -2.06. The van der Waals surface area contributed by atoms with Crippen LogP contribution in [0.25, 0.3) is 0 Å². The molecule has 2 N–H and O–H groups in total. The molecule has 4 heteroatoms. The van der Waals surface area contributed by atoms with Crippen LogP contribution in [0.15, 0.2) is 48.5 Å². The lowest BCUT2D eigenvalue weighted by molar-refractivity contribution is 0.196. The van der Waals surface area contributed by atoms with Crippen LogP contribution in [0, 0.1) is 0 Å². The molecular formula is C17H21NO3. The van der Waals surface area contributed by atoms with Gasteiger partial charge in [0.2, 0.25) is 0 Å². The first-order valence-corrected chi connectivity index (χ1v) is 7.03. The summed E-state index contributed by atoms with van der Waals surface area (Å²) in [5, 5.41) is 12.2. The van der Waals surface area contributed by atoms with E-state index in [2.05, 4.69) is 17.4 Å². The van der Waals surface area contributed by atoms with E-state index in [0.29, 0.717) is 11.5 Å². The predicted molar refractivity (Wildman–Crippen MR) is 84.2 cm³/mol. The largest absolute Gasteiger partial charge is 0.493 e. The molecular weight excluding hydrogens is 266 g/mol. The molecule has 2 aromatic rings. The van der Waals surface area contributed by atoms with Gasteiger partial charge in [-0.05, 0) is 24.1 Å². The molecule has 0 aromatic heterocycles. The van der Waals surface area contributed by atoms with Crippen LogP contribution in [0.4, 0.5) is 5.69 Å². The van der Waals surface area contributed by atoms with Crippen LogP contribution in [0.2, 0.25) is 0 Å². The normalized spacial score (nSPS) is 10.2. The molecule has 0 saturated carbocycles. The van der Waals surface area contributed by atoms with Crippen LogP contribution >= 0.6 is 0 Å². The third kappa shape index (κ3) is 4.68. The molecule has 0 heterocycles. The van der Waals surface area contributed by atoms with Crippen molar-refractivity contribution in [1.29, 1.82) is 0 Å². The van der Waals surface area contributed by atoms with Gasteiger partial charge in [0.25, 0.3) is 0 Å². The van der Waals surface area contributed by atoms with Crippen LogP contribution in [0.5, 0.6) is 11.5 Å². The molecule has 0 aliphatic rings. The third-order valence-electron chi connectivity index (χ3n) is 3.10. The van der Waals surface area contributed by atoms with Crippen molar-refractivity contribution in [2.75, 3.05) is 32.2 Å². The summed E-state index contributed by atoms with van der Waals surface area (Å²) in [4.78, 5) is 0. The number of hydrogen-bond donors (Lipinski definition) is 2. The molecule has 2 aromatic carbocycles. The molecule has 0 atom stereocenters. The summed E-state index contributed by atoms with van der Waals surface area (Å²) in [5.41, 5.74) is 2.27. The van der Waals surface area contributed by atoms with Crippen molar-refractivity contribution in [2.24, 2.45) is 0 Å². The van der Waals surface area contributed by atoms with Crippen molar-refractivity contribution >= 4 is 5.69 Å². The number of hydrogen-bond acceptors (Lipinski definition) is 4. The van der Waals surface area contributed by atoms with Gasteiger partial charge in [-0.25, -0.2) is 0 Å². The minimum Gasteiger partial charge on any atom is -0.493 e. The van der Waals surface area contributed by atoms with Crippen LogP contribution in [-0.4, -0.2) is 32.0 Å². The van der Waals surface area contributed by atoms with Crippen LogP contribution in [0.3, 0.4) is 0 Å². The van der Waals surface area contributed by atoms with Gasteiger partial charge in [-0.15, -0.1) is 0 Å². The average molecular weight is 287 g/mol. The minimum absolute atomic E-state index is 0.0190. The molecule has 21 heavy (non-hydrogen) atoms. The first-order chi connectivity index (χ1) is 10.3. The zero-order chi connectivity index (χ0) is 14.9. The third-order valence-corrected chi connectivity index (χ3v) is 3.10. The average Bonchev–Trinajstić information content (AvgIpc) is 2.54. The highest BCUT2D eigenvalue weighted by atomic mass is 16.5. The second-order valence-corrected chi connectivity index (χ2v) is 4.60.